The summed E-state index contributed by atoms with van der Waals surface area (Å²) in [6, 6.07) is 7.18. The van der Waals surface area contributed by atoms with Crippen molar-refractivity contribution in [1.82, 2.24) is 0 Å². The Morgan fingerprint density at radius 2 is 1.95 bits per heavy atom. The van der Waals surface area contributed by atoms with Crippen molar-refractivity contribution in [3.63, 3.8) is 0 Å². The molecule has 2 aromatic rings. The highest BCUT2D eigenvalue weighted by atomic mass is 79.9. The number of hydrogen-bond donors (Lipinski definition) is 1. The largest absolute Gasteiger partial charge is 0.416 e. The maximum Gasteiger partial charge on any atom is 0.416 e. The Labute approximate surface area is 131 Å². The summed E-state index contributed by atoms with van der Waals surface area (Å²) in [5.74, 6) is 0. The molecule has 0 bridgehead atoms. The van der Waals surface area contributed by atoms with Crippen molar-refractivity contribution in [2.24, 2.45) is 0 Å². The van der Waals surface area contributed by atoms with Gasteiger partial charge < -0.3 is 5.32 Å². The van der Waals surface area contributed by atoms with Gasteiger partial charge in [-0.15, -0.1) is 11.3 Å². The zero-order valence-corrected chi connectivity index (χ0v) is 13.4. The van der Waals surface area contributed by atoms with Gasteiger partial charge in [0.15, 0.2) is 0 Å². The maximum atomic E-state index is 12.6. The first-order valence-corrected chi connectivity index (χ1v) is 7.64. The summed E-state index contributed by atoms with van der Waals surface area (Å²) in [5.41, 5.74) is -0.0724. The number of rotatable bonds is 3. The number of benzene rings is 1. The van der Waals surface area contributed by atoms with Crippen LogP contribution in [0.5, 0.6) is 0 Å². The van der Waals surface area contributed by atoms with E-state index in [0.29, 0.717) is 14.5 Å². The van der Waals surface area contributed by atoms with Crippen LogP contribution >= 0.6 is 38.9 Å². The molecule has 20 heavy (non-hydrogen) atoms. The van der Waals surface area contributed by atoms with Gasteiger partial charge in [-0.25, -0.2) is 0 Å². The molecule has 0 amide bonds. The molecule has 1 unspecified atom stereocenters. The second kappa shape index (κ2) is 5.95. The molecule has 0 saturated heterocycles. The molecular formula is C13H10BrClF3NS. The lowest BCUT2D eigenvalue weighted by Gasteiger charge is -2.16. The van der Waals surface area contributed by atoms with E-state index in [-0.39, 0.29) is 6.04 Å². The van der Waals surface area contributed by atoms with Gasteiger partial charge in [-0.1, -0.05) is 11.6 Å². The second-order valence-corrected chi connectivity index (χ2v) is 6.80. The van der Waals surface area contributed by atoms with Gasteiger partial charge in [0.25, 0.3) is 0 Å². The lowest BCUT2D eigenvalue weighted by Crippen LogP contribution is -2.08. The van der Waals surface area contributed by atoms with Crippen LogP contribution in [0.3, 0.4) is 0 Å². The number of thiophene rings is 1. The molecule has 0 spiro atoms. The molecule has 108 valence electrons. The first kappa shape index (κ1) is 15.7. The van der Waals surface area contributed by atoms with E-state index >= 15 is 0 Å². The van der Waals surface area contributed by atoms with E-state index in [9.17, 15) is 13.2 Å². The van der Waals surface area contributed by atoms with E-state index in [1.54, 1.807) is 6.07 Å². The molecule has 0 radical (unpaired) electrons. The van der Waals surface area contributed by atoms with E-state index < -0.39 is 11.7 Å². The van der Waals surface area contributed by atoms with Crippen molar-refractivity contribution >= 4 is 44.6 Å². The molecule has 0 aliphatic heterocycles. The third-order valence-corrected chi connectivity index (χ3v) is 4.76. The normalized spacial score (nSPS) is 13.3. The van der Waals surface area contributed by atoms with Crippen molar-refractivity contribution < 1.29 is 13.2 Å². The predicted molar refractivity (Wildman–Crippen MR) is 80.5 cm³/mol. The molecule has 0 aliphatic carbocycles. The zero-order valence-electron chi connectivity index (χ0n) is 10.3. The van der Waals surface area contributed by atoms with Gasteiger partial charge in [0, 0.05) is 15.0 Å². The third-order valence-electron chi connectivity index (χ3n) is 2.69. The summed E-state index contributed by atoms with van der Waals surface area (Å²) in [6.45, 7) is 1.92. The fourth-order valence-electron chi connectivity index (χ4n) is 1.67. The minimum atomic E-state index is -4.34. The Hall–Kier alpha value is -0.720. The van der Waals surface area contributed by atoms with Crippen LogP contribution in [0.15, 0.2) is 34.8 Å². The Balaban J connectivity index is 2.18. The predicted octanol–water partition coefficient (Wildman–Crippen LogP) is 6.36. The molecule has 0 fully saturated rings. The fourth-order valence-corrected chi connectivity index (χ4v) is 3.23. The van der Waals surface area contributed by atoms with Crippen molar-refractivity contribution in [1.29, 1.82) is 0 Å². The van der Waals surface area contributed by atoms with E-state index in [4.69, 9.17) is 11.6 Å². The third kappa shape index (κ3) is 3.68. The molecule has 7 heteroatoms. The van der Waals surface area contributed by atoms with Gasteiger partial charge in [0.2, 0.25) is 0 Å². The van der Waals surface area contributed by atoms with Crippen LogP contribution in [0.2, 0.25) is 4.34 Å². The number of halogens is 5. The first-order valence-electron chi connectivity index (χ1n) is 5.66. The van der Waals surface area contributed by atoms with Gasteiger partial charge >= 0.3 is 6.18 Å². The van der Waals surface area contributed by atoms with Crippen molar-refractivity contribution in [3.05, 3.63) is 49.6 Å². The maximum absolute atomic E-state index is 12.6. The topological polar surface area (TPSA) is 12.0 Å². The molecule has 0 saturated carbocycles. The minimum absolute atomic E-state index is 0.0412. The highest BCUT2D eigenvalue weighted by Gasteiger charge is 2.30. The molecule has 1 aromatic carbocycles. The van der Waals surface area contributed by atoms with Crippen LogP contribution in [0.25, 0.3) is 0 Å². The summed E-state index contributed by atoms with van der Waals surface area (Å²) < 4.78 is 38.8. The first-order chi connectivity index (χ1) is 9.27. The Morgan fingerprint density at radius 1 is 1.25 bits per heavy atom. The molecular weight excluding hydrogens is 375 g/mol. The van der Waals surface area contributed by atoms with Crippen LogP contribution in [0, 0.1) is 0 Å². The highest BCUT2D eigenvalue weighted by Crippen LogP contribution is 2.36. The summed E-state index contributed by atoms with van der Waals surface area (Å²) >= 11 is 10.5. The Morgan fingerprint density at radius 3 is 2.45 bits per heavy atom. The minimum Gasteiger partial charge on any atom is -0.377 e. The van der Waals surface area contributed by atoms with E-state index in [0.717, 1.165) is 17.0 Å². The highest BCUT2D eigenvalue weighted by molar-refractivity contribution is 9.10. The molecule has 1 nitrogen and oxygen atoms in total. The van der Waals surface area contributed by atoms with Crippen LogP contribution < -0.4 is 5.32 Å². The van der Waals surface area contributed by atoms with Crippen LogP contribution in [-0.2, 0) is 6.18 Å². The van der Waals surface area contributed by atoms with Crippen LogP contribution in [0.1, 0.15) is 23.4 Å². The van der Waals surface area contributed by atoms with Crippen LogP contribution in [-0.4, -0.2) is 0 Å². The van der Waals surface area contributed by atoms with Gasteiger partial charge in [-0.3, -0.25) is 0 Å². The van der Waals surface area contributed by atoms with Crippen LogP contribution in [0.4, 0.5) is 18.9 Å². The van der Waals surface area contributed by atoms with Gasteiger partial charge in [-0.05, 0) is 53.2 Å². The van der Waals surface area contributed by atoms with Crippen molar-refractivity contribution in [2.75, 3.05) is 5.32 Å². The molecule has 1 aromatic heterocycles. The van der Waals surface area contributed by atoms with Crippen molar-refractivity contribution in [3.8, 4) is 0 Å². The van der Waals surface area contributed by atoms with Gasteiger partial charge in [-0.2, -0.15) is 13.2 Å². The van der Waals surface area contributed by atoms with Gasteiger partial charge in [0.1, 0.15) is 0 Å². The standard InChI is InChI=1S/C13H10BrClF3NS/c1-7(11-4-5-12(15)20-11)19-10-3-2-8(6-9(10)14)13(16,17)18/h2-7,19H,1H3. The van der Waals surface area contributed by atoms with E-state index in [1.807, 2.05) is 13.0 Å². The smallest absolute Gasteiger partial charge is 0.377 e. The average Bonchev–Trinajstić information content (AvgIpc) is 2.77. The Bertz CT molecular complexity index is 612. The monoisotopic (exact) mass is 383 g/mol. The molecule has 1 atom stereocenters. The Kier molecular flexibility index (Phi) is 4.66. The number of anilines is 1. The zero-order chi connectivity index (χ0) is 14.9. The van der Waals surface area contributed by atoms with Crippen molar-refractivity contribution in [2.45, 2.75) is 19.1 Å². The summed E-state index contributed by atoms with van der Waals surface area (Å²) in [5, 5.41) is 3.16. The number of nitrogens with one attached hydrogen (secondary N) is 1. The summed E-state index contributed by atoms with van der Waals surface area (Å²) in [6.07, 6.45) is -4.34. The average molecular weight is 385 g/mol. The van der Waals surface area contributed by atoms with E-state index in [2.05, 4.69) is 21.2 Å². The molecule has 0 aliphatic rings. The van der Waals surface area contributed by atoms with E-state index in [1.165, 1.54) is 17.4 Å². The SMILES string of the molecule is CC(Nc1ccc(C(F)(F)F)cc1Br)c1ccc(Cl)s1. The number of hydrogen-bond acceptors (Lipinski definition) is 2. The molecule has 1 heterocycles. The summed E-state index contributed by atoms with van der Waals surface area (Å²) in [4.78, 5) is 1.02. The quantitative estimate of drug-likeness (QED) is 0.649. The summed E-state index contributed by atoms with van der Waals surface area (Å²) in [7, 11) is 0. The van der Waals surface area contributed by atoms with Gasteiger partial charge in [0.05, 0.1) is 15.9 Å². The fraction of sp³-hybridized carbons (Fsp3) is 0.231. The lowest BCUT2D eigenvalue weighted by molar-refractivity contribution is -0.137. The molecule has 2 rings (SSSR count). The number of alkyl halides is 3. The second-order valence-electron chi connectivity index (χ2n) is 4.20. The molecule has 1 N–H and O–H groups in total. The lowest BCUT2D eigenvalue weighted by atomic mass is 10.2.